The van der Waals surface area contributed by atoms with Crippen molar-refractivity contribution in [2.24, 2.45) is 0 Å². The van der Waals surface area contributed by atoms with Gasteiger partial charge in [-0.1, -0.05) is 36.7 Å². The van der Waals surface area contributed by atoms with E-state index < -0.39 is 0 Å². The largest absolute Gasteiger partial charge is 0.314 e. The Hall–Kier alpha value is -1.38. The number of nitrogens with one attached hydrogen (secondary N) is 1. The molecule has 1 heterocycles. The zero-order chi connectivity index (χ0) is 13.5. The highest BCUT2D eigenvalue weighted by Crippen LogP contribution is 2.14. The van der Waals surface area contributed by atoms with Gasteiger partial charge in [-0.25, -0.2) is 0 Å². The van der Waals surface area contributed by atoms with E-state index in [-0.39, 0.29) is 0 Å². The third kappa shape index (κ3) is 4.66. The number of rotatable bonds is 6. The summed E-state index contributed by atoms with van der Waals surface area (Å²) in [6.45, 7) is 3.10. The van der Waals surface area contributed by atoms with E-state index in [1.807, 2.05) is 36.7 Å². The lowest BCUT2D eigenvalue weighted by Gasteiger charge is -2.18. The molecule has 100 valence electrons. The molecular formula is C16H19ClN2. The van der Waals surface area contributed by atoms with Crippen molar-refractivity contribution in [1.29, 1.82) is 0 Å². The summed E-state index contributed by atoms with van der Waals surface area (Å²) in [5.74, 6) is 0. The first-order valence-electron chi connectivity index (χ1n) is 6.64. The summed E-state index contributed by atoms with van der Waals surface area (Å²) in [4.78, 5) is 4.17. The summed E-state index contributed by atoms with van der Waals surface area (Å²) in [6, 6.07) is 12.6. The Bertz CT molecular complexity index is 499. The van der Waals surface area contributed by atoms with Crippen molar-refractivity contribution >= 4 is 11.6 Å². The van der Waals surface area contributed by atoms with E-state index in [9.17, 15) is 0 Å². The summed E-state index contributed by atoms with van der Waals surface area (Å²) in [5.41, 5.74) is 2.53. The monoisotopic (exact) mass is 274 g/mol. The predicted molar refractivity (Wildman–Crippen MR) is 80.6 cm³/mol. The lowest BCUT2D eigenvalue weighted by atomic mass is 10.00. The van der Waals surface area contributed by atoms with E-state index in [4.69, 9.17) is 11.6 Å². The van der Waals surface area contributed by atoms with E-state index >= 15 is 0 Å². The van der Waals surface area contributed by atoms with Crippen LogP contribution in [0.2, 0.25) is 5.02 Å². The van der Waals surface area contributed by atoms with Crippen LogP contribution in [0.15, 0.2) is 48.8 Å². The SMILES string of the molecule is CCNC(Cc1cccnc1)Cc1cccc(Cl)c1. The lowest BCUT2D eigenvalue weighted by molar-refractivity contribution is 0.521. The molecular weight excluding hydrogens is 256 g/mol. The Labute approximate surface area is 119 Å². The van der Waals surface area contributed by atoms with Gasteiger partial charge in [0.2, 0.25) is 0 Å². The summed E-state index contributed by atoms with van der Waals surface area (Å²) in [5, 5.41) is 4.33. The zero-order valence-corrected chi connectivity index (χ0v) is 11.9. The van der Waals surface area contributed by atoms with Gasteiger partial charge >= 0.3 is 0 Å². The maximum Gasteiger partial charge on any atom is 0.0408 e. The summed E-state index contributed by atoms with van der Waals surface area (Å²) in [6.07, 6.45) is 5.70. The van der Waals surface area contributed by atoms with Crippen LogP contribution in [0.1, 0.15) is 18.1 Å². The van der Waals surface area contributed by atoms with Crippen LogP contribution >= 0.6 is 11.6 Å². The topological polar surface area (TPSA) is 24.9 Å². The minimum Gasteiger partial charge on any atom is -0.314 e. The van der Waals surface area contributed by atoms with Gasteiger partial charge in [-0.3, -0.25) is 4.98 Å². The van der Waals surface area contributed by atoms with E-state index in [0.717, 1.165) is 24.4 Å². The Morgan fingerprint density at radius 2 is 1.95 bits per heavy atom. The van der Waals surface area contributed by atoms with Crippen molar-refractivity contribution in [3.05, 3.63) is 64.9 Å². The van der Waals surface area contributed by atoms with Gasteiger partial charge in [-0.05, 0) is 48.7 Å². The number of hydrogen-bond acceptors (Lipinski definition) is 2. The van der Waals surface area contributed by atoms with Gasteiger partial charge in [0.05, 0.1) is 0 Å². The van der Waals surface area contributed by atoms with Gasteiger partial charge in [-0.2, -0.15) is 0 Å². The Balaban J connectivity index is 2.04. The number of benzene rings is 1. The molecule has 2 nitrogen and oxygen atoms in total. The molecule has 0 fully saturated rings. The molecule has 19 heavy (non-hydrogen) atoms. The Kier molecular flexibility index (Phi) is 5.37. The van der Waals surface area contributed by atoms with E-state index in [0.29, 0.717) is 6.04 Å². The van der Waals surface area contributed by atoms with Gasteiger partial charge in [-0.15, -0.1) is 0 Å². The number of nitrogens with zero attached hydrogens (tertiary/aromatic N) is 1. The molecule has 0 saturated heterocycles. The third-order valence-electron chi connectivity index (χ3n) is 3.07. The fraction of sp³-hybridized carbons (Fsp3) is 0.312. The molecule has 1 aromatic carbocycles. The van der Waals surface area contributed by atoms with E-state index in [1.54, 1.807) is 0 Å². The van der Waals surface area contributed by atoms with Crippen LogP contribution < -0.4 is 5.32 Å². The smallest absolute Gasteiger partial charge is 0.0408 e. The van der Waals surface area contributed by atoms with Crippen LogP contribution in [0, 0.1) is 0 Å². The molecule has 3 heteroatoms. The number of hydrogen-bond donors (Lipinski definition) is 1. The Morgan fingerprint density at radius 3 is 2.63 bits per heavy atom. The average Bonchev–Trinajstić information content (AvgIpc) is 2.40. The van der Waals surface area contributed by atoms with Crippen LogP contribution in [-0.4, -0.2) is 17.6 Å². The standard InChI is InChI=1S/C16H19ClN2/c1-2-19-16(11-14-6-4-8-18-12-14)10-13-5-3-7-15(17)9-13/h3-9,12,16,19H,2,10-11H2,1H3. The maximum absolute atomic E-state index is 6.04. The molecule has 0 aliphatic heterocycles. The maximum atomic E-state index is 6.04. The molecule has 1 N–H and O–H groups in total. The minimum atomic E-state index is 0.410. The van der Waals surface area contributed by atoms with Crippen LogP contribution in [0.3, 0.4) is 0 Å². The highest BCUT2D eigenvalue weighted by atomic mass is 35.5. The zero-order valence-electron chi connectivity index (χ0n) is 11.1. The third-order valence-corrected chi connectivity index (χ3v) is 3.30. The van der Waals surface area contributed by atoms with Crippen molar-refractivity contribution in [3.63, 3.8) is 0 Å². The van der Waals surface area contributed by atoms with Crippen molar-refractivity contribution in [2.45, 2.75) is 25.8 Å². The molecule has 0 amide bonds. The fourth-order valence-corrected chi connectivity index (χ4v) is 2.47. The van der Waals surface area contributed by atoms with Gasteiger partial charge in [0.25, 0.3) is 0 Å². The normalized spacial score (nSPS) is 12.3. The molecule has 0 bridgehead atoms. The molecule has 0 saturated carbocycles. The second-order valence-electron chi connectivity index (χ2n) is 4.65. The van der Waals surface area contributed by atoms with Gasteiger partial charge in [0.1, 0.15) is 0 Å². The second-order valence-corrected chi connectivity index (χ2v) is 5.09. The van der Waals surface area contributed by atoms with Crippen molar-refractivity contribution in [1.82, 2.24) is 10.3 Å². The molecule has 0 radical (unpaired) electrons. The first-order chi connectivity index (χ1) is 9.28. The number of halogens is 1. The molecule has 2 rings (SSSR count). The minimum absolute atomic E-state index is 0.410. The molecule has 0 spiro atoms. The van der Waals surface area contributed by atoms with Crippen molar-refractivity contribution < 1.29 is 0 Å². The van der Waals surface area contributed by atoms with Crippen LogP contribution in [0.4, 0.5) is 0 Å². The molecule has 1 atom stereocenters. The first-order valence-corrected chi connectivity index (χ1v) is 7.02. The number of likely N-dealkylation sites (N-methyl/N-ethyl adjacent to an activating group) is 1. The average molecular weight is 275 g/mol. The molecule has 0 aliphatic rings. The number of aromatic nitrogens is 1. The summed E-state index contributed by atoms with van der Waals surface area (Å²) < 4.78 is 0. The molecule has 0 aliphatic carbocycles. The van der Waals surface area contributed by atoms with E-state index in [1.165, 1.54) is 11.1 Å². The highest BCUT2D eigenvalue weighted by Gasteiger charge is 2.09. The highest BCUT2D eigenvalue weighted by molar-refractivity contribution is 6.30. The fourth-order valence-electron chi connectivity index (χ4n) is 2.26. The van der Waals surface area contributed by atoms with E-state index in [2.05, 4.69) is 29.4 Å². The number of pyridine rings is 1. The van der Waals surface area contributed by atoms with Gasteiger partial charge in [0, 0.05) is 23.5 Å². The van der Waals surface area contributed by atoms with Crippen molar-refractivity contribution in [2.75, 3.05) is 6.54 Å². The Morgan fingerprint density at radius 1 is 1.16 bits per heavy atom. The second kappa shape index (κ2) is 7.27. The van der Waals surface area contributed by atoms with Crippen molar-refractivity contribution in [3.8, 4) is 0 Å². The van der Waals surface area contributed by atoms with Crippen LogP contribution in [-0.2, 0) is 12.8 Å². The molecule has 1 unspecified atom stereocenters. The van der Waals surface area contributed by atoms with Crippen LogP contribution in [0.5, 0.6) is 0 Å². The predicted octanol–water partition coefficient (Wildman–Crippen LogP) is 3.50. The quantitative estimate of drug-likeness (QED) is 0.872. The van der Waals surface area contributed by atoms with Gasteiger partial charge < -0.3 is 5.32 Å². The lowest BCUT2D eigenvalue weighted by Crippen LogP contribution is -2.33. The summed E-state index contributed by atoms with van der Waals surface area (Å²) in [7, 11) is 0. The van der Waals surface area contributed by atoms with Gasteiger partial charge in [0.15, 0.2) is 0 Å². The first kappa shape index (κ1) is 14.0. The molecule has 2 aromatic rings. The van der Waals surface area contributed by atoms with Crippen LogP contribution in [0.25, 0.3) is 0 Å². The molecule has 1 aromatic heterocycles. The summed E-state index contributed by atoms with van der Waals surface area (Å²) >= 11 is 6.04.